The van der Waals surface area contributed by atoms with Crippen LogP contribution in [0.2, 0.25) is 0 Å². The number of amides is 2. The van der Waals surface area contributed by atoms with Gasteiger partial charge in [-0.2, -0.15) is 5.10 Å². The van der Waals surface area contributed by atoms with E-state index in [0.29, 0.717) is 39.6 Å². The molecule has 154 valence electrons. The lowest BCUT2D eigenvalue weighted by atomic mass is 10.1. The third kappa shape index (κ3) is 3.48. The van der Waals surface area contributed by atoms with Crippen molar-refractivity contribution >= 4 is 34.1 Å². The number of hydrogen-bond acceptors (Lipinski definition) is 5. The van der Waals surface area contributed by atoms with E-state index in [1.807, 2.05) is 43.6 Å². The van der Waals surface area contributed by atoms with Gasteiger partial charge in [0.25, 0.3) is 11.8 Å². The number of ether oxygens (including phenoxy) is 1. The van der Waals surface area contributed by atoms with E-state index in [1.54, 1.807) is 35.9 Å². The maximum atomic E-state index is 13.2. The van der Waals surface area contributed by atoms with E-state index in [0.717, 1.165) is 5.39 Å². The van der Waals surface area contributed by atoms with Gasteiger partial charge in [-0.05, 0) is 43.3 Å². The SMILES string of the molecule is CC1Oc2ccc(NC(=O)c3cc(-c4ccn(C)n4)nc4ccccc34)cc2NC1=O. The van der Waals surface area contributed by atoms with Crippen molar-refractivity contribution in [3.63, 3.8) is 0 Å². The zero-order chi connectivity index (χ0) is 21.5. The maximum absolute atomic E-state index is 13.2. The van der Waals surface area contributed by atoms with Crippen LogP contribution < -0.4 is 15.4 Å². The first-order chi connectivity index (χ1) is 15.0. The van der Waals surface area contributed by atoms with Crippen LogP contribution in [0.5, 0.6) is 5.75 Å². The summed E-state index contributed by atoms with van der Waals surface area (Å²) in [6, 6.07) is 16.2. The summed E-state index contributed by atoms with van der Waals surface area (Å²) in [5.41, 5.74) is 3.56. The van der Waals surface area contributed by atoms with Crippen molar-refractivity contribution in [2.75, 3.05) is 10.6 Å². The van der Waals surface area contributed by atoms with Crippen molar-refractivity contribution in [1.29, 1.82) is 0 Å². The molecule has 0 radical (unpaired) electrons. The number of carbonyl (C=O) groups is 2. The van der Waals surface area contributed by atoms with Crippen LogP contribution in [0.25, 0.3) is 22.3 Å². The average Bonchev–Trinajstić information content (AvgIpc) is 3.20. The van der Waals surface area contributed by atoms with Gasteiger partial charge in [0.2, 0.25) is 0 Å². The summed E-state index contributed by atoms with van der Waals surface area (Å²) in [4.78, 5) is 29.8. The highest BCUT2D eigenvalue weighted by Crippen LogP contribution is 2.32. The summed E-state index contributed by atoms with van der Waals surface area (Å²) < 4.78 is 7.26. The number of pyridine rings is 1. The van der Waals surface area contributed by atoms with Crippen LogP contribution in [0, 0.1) is 0 Å². The number of nitrogens with one attached hydrogen (secondary N) is 2. The molecule has 2 N–H and O–H groups in total. The topological polar surface area (TPSA) is 98.1 Å². The molecule has 2 aromatic heterocycles. The van der Waals surface area contributed by atoms with Crippen molar-refractivity contribution in [1.82, 2.24) is 14.8 Å². The first-order valence-corrected chi connectivity index (χ1v) is 9.81. The first kappa shape index (κ1) is 18.8. The number of aromatic nitrogens is 3. The van der Waals surface area contributed by atoms with Gasteiger partial charge in [0, 0.05) is 24.3 Å². The molecule has 4 aromatic rings. The van der Waals surface area contributed by atoms with Crippen molar-refractivity contribution in [3.05, 3.63) is 66.4 Å². The van der Waals surface area contributed by atoms with Crippen LogP contribution in [-0.4, -0.2) is 32.7 Å². The Balaban J connectivity index is 1.51. The predicted molar refractivity (Wildman–Crippen MR) is 117 cm³/mol. The lowest BCUT2D eigenvalue weighted by molar-refractivity contribution is -0.122. The highest BCUT2D eigenvalue weighted by atomic mass is 16.5. The number of anilines is 2. The summed E-state index contributed by atoms with van der Waals surface area (Å²) in [5, 5.41) is 10.8. The first-order valence-electron chi connectivity index (χ1n) is 9.81. The zero-order valence-electron chi connectivity index (χ0n) is 16.9. The smallest absolute Gasteiger partial charge is 0.265 e. The number of nitrogens with zero attached hydrogens (tertiary/aromatic N) is 3. The van der Waals surface area contributed by atoms with Gasteiger partial charge in [-0.25, -0.2) is 4.98 Å². The molecule has 0 spiro atoms. The molecule has 0 bridgehead atoms. The largest absolute Gasteiger partial charge is 0.479 e. The van der Waals surface area contributed by atoms with Crippen molar-refractivity contribution in [3.8, 4) is 17.1 Å². The lowest BCUT2D eigenvalue weighted by Gasteiger charge is -2.23. The predicted octanol–water partition coefficient (Wildman–Crippen LogP) is 3.61. The number of hydrogen-bond donors (Lipinski definition) is 2. The Kier molecular flexibility index (Phi) is 4.39. The minimum absolute atomic E-state index is 0.226. The van der Waals surface area contributed by atoms with Gasteiger partial charge < -0.3 is 15.4 Å². The fourth-order valence-electron chi connectivity index (χ4n) is 3.53. The number of benzene rings is 2. The summed E-state index contributed by atoms with van der Waals surface area (Å²) in [6.07, 6.45) is 1.28. The number of rotatable bonds is 3. The second kappa shape index (κ2) is 7.24. The standard InChI is InChI=1S/C23H19N5O3/c1-13-22(29)26-20-11-14(7-8-21(20)31-13)24-23(30)16-12-19(18-9-10-28(2)27-18)25-17-6-4-3-5-15(16)17/h3-13H,1-2H3,(H,24,30)(H,26,29). The van der Waals surface area contributed by atoms with Crippen LogP contribution in [0.4, 0.5) is 11.4 Å². The number of fused-ring (bicyclic) bond motifs is 2. The fourth-order valence-corrected chi connectivity index (χ4v) is 3.53. The summed E-state index contributed by atoms with van der Waals surface area (Å²) >= 11 is 0. The molecule has 0 fully saturated rings. The van der Waals surface area contributed by atoms with E-state index in [-0.39, 0.29) is 11.8 Å². The molecule has 3 heterocycles. The van der Waals surface area contributed by atoms with Gasteiger partial charge in [0.15, 0.2) is 6.10 Å². The van der Waals surface area contributed by atoms with Crippen molar-refractivity contribution < 1.29 is 14.3 Å². The molecule has 0 saturated carbocycles. The third-order valence-corrected chi connectivity index (χ3v) is 5.11. The second-order valence-corrected chi connectivity index (χ2v) is 7.36. The number of carbonyl (C=O) groups excluding carboxylic acids is 2. The summed E-state index contributed by atoms with van der Waals surface area (Å²) in [7, 11) is 1.83. The van der Waals surface area contributed by atoms with Crippen molar-refractivity contribution in [2.24, 2.45) is 7.05 Å². The van der Waals surface area contributed by atoms with Crippen LogP contribution in [0.15, 0.2) is 60.8 Å². The molecule has 5 rings (SSSR count). The minimum atomic E-state index is -0.554. The minimum Gasteiger partial charge on any atom is -0.479 e. The Morgan fingerprint density at radius 3 is 2.77 bits per heavy atom. The highest BCUT2D eigenvalue weighted by molar-refractivity contribution is 6.13. The molecule has 1 aliphatic rings. The van der Waals surface area contributed by atoms with Crippen LogP contribution in [-0.2, 0) is 11.8 Å². The van der Waals surface area contributed by atoms with Gasteiger partial charge in [-0.15, -0.1) is 0 Å². The quantitative estimate of drug-likeness (QED) is 0.535. The summed E-state index contributed by atoms with van der Waals surface area (Å²) in [5.74, 6) is 0.0557. The average molecular weight is 413 g/mol. The molecule has 1 atom stereocenters. The van der Waals surface area contributed by atoms with Gasteiger partial charge in [-0.1, -0.05) is 18.2 Å². The zero-order valence-corrected chi connectivity index (χ0v) is 16.9. The van der Waals surface area contributed by atoms with Gasteiger partial charge in [0.05, 0.1) is 22.5 Å². The third-order valence-electron chi connectivity index (χ3n) is 5.11. The van der Waals surface area contributed by atoms with E-state index in [9.17, 15) is 9.59 Å². The Morgan fingerprint density at radius 2 is 1.97 bits per heavy atom. The molecule has 0 saturated heterocycles. The number of aryl methyl sites for hydroxylation is 1. The number of para-hydroxylation sites is 1. The molecule has 2 amide bonds. The molecule has 8 heteroatoms. The second-order valence-electron chi connectivity index (χ2n) is 7.36. The van der Waals surface area contributed by atoms with Gasteiger partial charge in [-0.3, -0.25) is 14.3 Å². The maximum Gasteiger partial charge on any atom is 0.265 e. The molecule has 8 nitrogen and oxygen atoms in total. The van der Waals surface area contributed by atoms with E-state index >= 15 is 0 Å². The Hall–Kier alpha value is -4.20. The van der Waals surface area contributed by atoms with E-state index in [4.69, 9.17) is 4.74 Å². The Labute approximate surface area is 177 Å². The van der Waals surface area contributed by atoms with E-state index < -0.39 is 6.10 Å². The molecule has 1 unspecified atom stereocenters. The summed E-state index contributed by atoms with van der Waals surface area (Å²) in [6.45, 7) is 1.68. The molecular weight excluding hydrogens is 394 g/mol. The highest BCUT2D eigenvalue weighted by Gasteiger charge is 2.24. The van der Waals surface area contributed by atoms with E-state index in [1.165, 1.54) is 0 Å². The van der Waals surface area contributed by atoms with Crippen LogP contribution in [0.1, 0.15) is 17.3 Å². The Morgan fingerprint density at radius 1 is 1.13 bits per heavy atom. The van der Waals surface area contributed by atoms with Gasteiger partial charge in [0.1, 0.15) is 11.4 Å². The molecule has 2 aromatic carbocycles. The monoisotopic (exact) mass is 413 g/mol. The molecule has 1 aliphatic heterocycles. The molecule has 0 aliphatic carbocycles. The molecular formula is C23H19N5O3. The Bertz CT molecular complexity index is 1340. The normalized spacial score (nSPS) is 15.2. The van der Waals surface area contributed by atoms with Crippen molar-refractivity contribution in [2.45, 2.75) is 13.0 Å². The van der Waals surface area contributed by atoms with Gasteiger partial charge >= 0.3 is 0 Å². The van der Waals surface area contributed by atoms with Crippen LogP contribution in [0.3, 0.4) is 0 Å². The molecule has 31 heavy (non-hydrogen) atoms. The van der Waals surface area contributed by atoms with E-state index in [2.05, 4.69) is 20.7 Å². The van der Waals surface area contributed by atoms with Crippen LogP contribution >= 0.6 is 0 Å². The fraction of sp³-hybridized carbons (Fsp3) is 0.130. The lowest BCUT2D eigenvalue weighted by Crippen LogP contribution is -2.34.